The van der Waals surface area contributed by atoms with Crippen LogP contribution >= 0.6 is 0 Å². The molecule has 11 nitrogen and oxygen atoms in total. The maximum atomic E-state index is 13.4. The number of ether oxygens (including phenoxy) is 2. The van der Waals surface area contributed by atoms with E-state index in [4.69, 9.17) is 9.47 Å². The molecule has 3 aromatic rings. The standard InChI is InChI=1S/C29H30FN5O6/c1-2-40-27(37)15-24(20-4-3-11-31-17-20)34-26(36)18-35-12-13-41-25-10-9-22(14-23(25)28(35)38)33-29(39)32-16-19-5-7-21(30)8-6-19/h3-11,14,17,24H,2,12-13,15-16,18H2,1H3,(H,34,36)(H2,32,33,39)/t24-/m0/s1. The fraction of sp³-hybridized carbons (Fsp3) is 0.276. The first kappa shape index (κ1) is 29.0. The van der Waals surface area contributed by atoms with Gasteiger partial charge < -0.3 is 30.3 Å². The zero-order chi connectivity index (χ0) is 29.2. The lowest BCUT2D eigenvalue weighted by atomic mass is 10.1. The van der Waals surface area contributed by atoms with Crippen LogP contribution in [0.1, 0.15) is 40.9 Å². The Bertz CT molecular complexity index is 1390. The third-order valence-corrected chi connectivity index (χ3v) is 6.17. The largest absolute Gasteiger partial charge is 0.491 e. The van der Waals surface area contributed by atoms with E-state index in [9.17, 15) is 23.6 Å². The molecule has 0 aliphatic carbocycles. The molecule has 3 N–H and O–H groups in total. The maximum Gasteiger partial charge on any atom is 0.319 e. The smallest absolute Gasteiger partial charge is 0.319 e. The number of carbonyl (C=O) groups is 4. The summed E-state index contributed by atoms with van der Waals surface area (Å²) in [4.78, 5) is 56.4. The van der Waals surface area contributed by atoms with Crippen molar-refractivity contribution in [3.05, 3.63) is 89.5 Å². The number of hydrogen-bond acceptors (Lipinski definition) is 7. The van der Waals surface area contributed by atoms with Gasteiger partial charge in [-0.1, -0.05) is 18.2 Å². The van der Waals surface area contributed by atoms with Crippen LogP contribution in [-0.2, 0) is 20.9 Å². The minimum Gasteiger partial charge on any atom is -0.491 e. The summed E-state index contributed by atoms with van der Waals surface area (Å²) in [6.45, 7) is 2.11. The Morgan fingerprint density at radius 2 is 1.95 bits per heavy atom. The van der Waals surface area contributed by atoms with Crippen molar-refractivity contribution in [3.63, 3.8) is 0 Å². The van der Waals surface area contributed by atoms with E-state index >= 15 is 0 Å². The summed E-state index contributed by atoms with van der Waals surface area (Å²) in [6.07, 6.45) is 3.04. The molecule has 0 fully saturated rings. The lowest BCUT2D eigenvalue weighted by Crippen LogP contribution is -2.43. The Morgan fingerprint density at radius 1 is 1.15 bits per heavy atom. The van der Waals surface area contributed by atoms with Crippen LogP contribution in [0, 0.1) is 5.82 Å². The molecule has 0 spiro atoms. The van der Waals surface area contributed by atoms with Gasteiger partial charge in [0.05, 0.1) is 37.7 Å². The van der Waals surface area contributed by atoms with Gasteiger partial charge in [0.25, 0.3) is 5.91 Å². The summed E-state index contributed by atoms with van der Waals surface area (Å²) < 4.78 is 23.8. The molecule has 2 heterocycles. The third kappa shape index (κ3) is 8.24. The number of carbonyl (C=O) groups excluding carboxylic acids is 4. The molecule has 0 saturated heterocycles. The molecular formula is C29H30FN5O6. The van der Waals surface area contributed by atoms with E-state index in [2.05, 4.69) is 20.9 Å². The summed E-state index contributed by atoms with van der Waals surface area (Å²) in [5.74, 6) is -1.45. The second-order valence-electron chi connectivity index (χ2n) is 9.14. The minimum absolute atomic E-state index is 0.0938. The molecule has 12 heteroatoms. The highest BCUT2D eigenvalue weighted by Crippen LogP contribution is 2.27. The second kappa shape index (κ2) is 13.9. The van der Waals surface area contributed by atoms with Crippen molar-refractivity contribution in [3.8, 4) is 5.75 Å². The van der Waals surface area contributed by atoms with Crippen LogP contribution in [0.5, 0.6) is 5.75 Å². The number of aromatic nitrogens is 1. The number of amides is 4. The van der Waals surface area contributed by atoms with Gasteiger partial charge in [0.15, 0.2) is 0 Å². The van der Waals surface area contributed by atoms with Crippen LogP contribution in [-0.4, -0.2) is 60.0 Å². The predicted molar refractivity (Wildman–Crippen MR) is 146 cm³/mol. The van der Waals surface area contributed by atoms with Gasteiger partial charge in [0, 0.05) is 24.6 Å². The average Bonchev–Trinajstić information content (AvgIpc) is 3.11. The summed E-state index contributed by atoms with van der Waals surface area (Å²) in [7, 11) is 0. The number of benzene rings is 2. The third-order valence-electron chi connectivity index (χ3n) is 6.17. The molecule has 0 saturated carbocycles. The number of nitrogens with zero attached hydrogens (tertiary/aromatic N) is 2. The van der Waals surface area contributed by atoms with Gasteiger partial charge >= 0.3 is 12.0 Å². The van der Waals surface area contributed by atoms with E-state index in [0.717, 1.165) is 0 Å². The van der Waals surface area contributed by atoms with Crippen LogP contribution in [0.4, 0.5) is 14.9 Å². The molecule has 4 rings (SSSR count). The Labute approximate surface area is 236 Å². The number of pyridine rings is 1. The number of nitrogens with one attached hydrogen (secondary N) is 3. The number of anilines is 1. The lowest BCUT2D eigenvalue weighted by molar-refractivity contribution is -0.143. The number of esters is 1. The second-order valence-corrected chi connectivity index (χ2v) is 9.14. The van der Waals surface area contributed by atoms with Crippen molar-refractivity contribution in [2.45, 2.75) is 25.9 Å². The molecule has 41 heavy (non-hydrogen) atoms. The number of rotatable bonds is 10. The van der Waals surface area contributed by atoms with Gasteiger partial charge in [-0.05, 0) is 54.4 Å². The molecule has 4 amide bonds. The van der Waals surface area contributed by atoms with Crippen LogP contribution < -0.4 is 20.7 Å². The van der Waals surface area contributed by atoms with E-state index in [0.29, 0.717) is 22.6 Å². The monoisotopic (exact) mass is 563 g/mol. The summed E-state index contributed by atoms with van der Waals surface area (Å²) in [5.41, 5.74) is 1.86. The van der Waals surface area contributed by atoms with Gasteiger partial charge in [0.1, 0.15) is 18.2 Å². The zero-order valence-electron chi connectivity index (χ0n) is 22.4. The summed E-state index contributed by atoms with van der Waals surface area (Å²) >= 11 is 0. The number of fused-ring (bicyclic) bond motifs is 1. The SMILES string of the molecule is CCOC(=O)C[C@H](NC(=O)CN1CCOc2ccc(NC(=O)NCc3ccc(F)cc3)cc2C1=O)c1cccnc1. The molecule has 0 bridgehead atoms. The molecule has 1 atom stereocenters. The van der Waals surface area contributed by atoms with E-state index in [-0.39, 0.29) is 50.6 Å². The fourth-order valence-electron chi connectivity index (χ4n) is 4.18. The first-order chi connectivity index (χ1) is 19.8. The first-order valence-electron chi connectivity index (χ1n) is 13.0. The molecular weight excluding hydrogens is 533 g/mol. The van der Waals surface area contributed by atoms with Crippen LogP contribution in [0.2, 0.25) is 0 Å². The molecule has 214 valence electrons. The van der Waals surface area contributed by atoms with E-state index in [1.807, 2.05) is 0 Å². The molecule has 0 radical (unpaired) electrons. The Hall–Kier alpha value is -5.00. The number of urea groups is 1. The number of halogens is 1. The van der Waals surface area contributed by atoms with E-state index < -0.39 is 29.9 Å². The Morgan fingerprint density at radius 3 is 2.68 bits per heavy atom. The number of hydrogen-bond donors (Lipinski definition) is 3. The highest BCUT2D eigenvalue weighted by molar-refractivity contribution is 6.01. The Balaban J connectivity index is 1.40. The van der Waals surface area contributed by atoms with Crippen molar-refractivity contribution in [1.82, 2.24) is 20.5 Å². The van der Waals surface area contributed by atoms with Crippen molar-refractivity contribution in [2.24, 2.45) is 0 Å². The maximum absolute atomic E-state index is 13.4. The van der Waals surface area contributed by atoms with Crippen molar-refractivity contribution in [2.75, 3.05) is 31.6 Å². The quantitative estimate of drug-likeness (QED) is 0.322. The molecule has 1 aromatic heterocycles. The van der Waals surface area contributed by atoms with Crippen molar-refractivity contribution in [1.29, 1.82) is 0 Å². The zero-order valence-corrected chi connectivity index (χ0v) is 22.4. The van der Waals surface area contributed by atoms with E-state index in [1.54, 1.807) is 55.7 Å². The highest BCUT2D eigenvalue weighted by atomic mass is 19.1. The van der Waals surface area contributed by atoms with E-state index in [1.165, 1.54) is 23.1 Å². The van der Waals surface area contributed by atoms with Crippen LogP contribution in [0.25, 0.3) is 0 Å². The minimum atomic E-state index is -0.690. The first-order valence-corrected chi connectivity index (χ1v) is 13.0. The summed E-state index contributed by atoms with van der Waals surface area (Å²) in [5, 5.41) is 8.13. The highest BCUT2D eigenvalue weighted by Gasteiger charge is 2.27. The van der Waals surface area contributed by atoms with Gasteiger partial charge in [-0.3, -0.25) is 19.4 Å². The predicted octanol–water partition coefficient (Wildman–Crippen LogP) is 3.19. The summed E-state index contributed by atoms with van der Waals surface area (Å²) in [6, 6.07) is 12.6. The van der Waals surface area contributed by atoms with Gasteiger partial charge in [-0.15, -0.1) is 0 Å². The van der Waals surface area contributed by atoms with Gasteiger partial charge in [-0.25, -0.2) is 9.18 Å². The van der Waals surface area contributed by atoms with Crippen LogP contribution in [0.15, 0.2) is 67.0 Å². The average molecular weight is 564 g/mol. The van der Waals surface area contributed by atoms with Crippen molar-refractivity contribution < 1.29 is 33.0 Å². The molecule has 2 aromatic carbocycles. The topological polar surface area (TPSA) is 139 Å². The molecule has 1 aliphatic rings. The van der Waals surface area contributed by atoms with Crippen molar-refractivity contribution >= 4 is 29.5 Å². The normalized spacial score (nSPS) is 13.2. The lowest BCUT2D eigenvalue weighted by Gasteiger charge is -2.23. The Kier molecular flexibility index (Phi) is 9.81. The van der Waals surface area contributed by atoms with Gasteiger partial charge in [0.2, 0.25) is 5.91 Å². The molecule has 0 unspecified atom stereocenters. The van der Waals surface area contributed by atoms with Crippen LogP contribution in [0.3, 0.4) is 0 Å². The molecule has 1 aliphatic heterocycles. The van der Waals surface area contributed by atoms with Gasteiger partial charge in [-0.2, -0.15) is 0 Å². The fourth-order valence-corrected chi connectivity index (χ4v) is 4.18.